The Morgan fingerprint density at radius 3 is 2.36 bits per heavy atom. The van der Waals surface area contributed by atoms with Crippen LogP contribution in [0.4, 0.5) is 0 Å². The first kappa shape index (κ1) is 8.31. The lowest BCUT2D eigenvalue weighted by atomic mass is 10.1. The zero-order valence-corrected chi connectivity index (χ0v) is 6.88. The van der Waals surface area contributed by atoms with Gasteiger partial charge in [-0.05, 0) is 17.7 Å². The lowest BCUT2D eigenvalue weighted by Gasteiger charge is -2.04. The molecule has 0 aliphatic heterocycles. The minimum absolute atomic E-state index is 0.0905. The summed E-state index contributed by atoms with van der Waals surface area (Å²) in [7, 11) is 0. The molecule has 1 aromatic carbocycles. The first-order chi connectivity index (χ1) is 5.24. The Kier molecular flexibility index (Phi) is 2.69. The molecule has 0 bridgehead atoms. The van der Waals surface area contributed by atoms with Crippen molar-refractivity contribution in [3.63, 3.8) is 0 Å². The van der Waals surface area contributed by atoms with Gasteiger partial charge in [-0.25, -0.2) is 0 Å². The van der Waals surface area contributed by atoms with Crippen LogP contribution in [0.2, 0.25) is 5.02 Å². The Labute approximate surface area is 71.5 Å². The molecule has 1 rings (SSSR count). The predicted octanol–water partition coefficient (Wildman–Crippen LogP) is 2.53. The molecule has 2 N–H and O–H groups in total. The van der Waals surface area contributed by atoms with E-state index in [0.29, 0.717) is 0 Å². The van der Waals surface area contributed by atoms with Crippen LogP contribution in [-0.4, -0.2) is 0 Å². The molecule has 0 amide bonds. The van der Waals surface area contributed by atoms with Gasteiger partial charge in [0.25, 0.3) is 0 Å². The Hall–Kier alpha value is -0.790. The molecule has 0 aliphatic rings. The van der Waals surface area contributed by atoms with E-state index in [0.717, 1.165) is 10.6 Å². The van der Waals surface area contributed by atoms with Crippen LogP contribution < -0.4 is 5.73 Å². The van der Waals surface area contributed by atoms with E-state index in [4.69, 9.17) is 17.3 Å². The fraction of sp³-hybridized carbons (Fsp3) is 0.111. The maximum atomic E-state index is 5.69. The highest BCUT2D eigenvalue weighted by Crippen LogP contribution is 2.14. The largest absolute Gasteiger partial charge is 0.321 e. The third kappa shape index (κ3) is 2.07. The zero-order valence-electron chi connectivity index (χ0n) is 6.13. The first-order valence-corrected chi connectivity index (χ1v) is 3.75. The second-order valence-electron chi connectivity index (χ2n) is 2.31. The maximum Gasteiger partial charge on any atom is 0.0478 e. The number of nitrogens with two attached hydrogens (primary N) is 1. The smallest absolute Gasteiger partial charge is 0.0478 e. The molecule has 0 spiro atoms. The number of rotatable bonds is 2. The van der Waals surface area contributed by atoms with Gasteiger partial charge in [0.1, 0.15) is 0 Å². The quantitative estimate of drug-likeness (QED) is 0.674. The van der Waals surface area contributed by atoms with E-state index in [-0.39, 0.29) is 6.04 Å². The van der Waals surface area contributed by atoms with E-state index in [1.807, 2.05) is 24.3 Å². The van der Waals surface area contributed by atoms with E-state index >= 15 is 0 Å². The van der Waals surface area contributed by atoms with Crippen molar-refractivity contribution in [2.75, 3.05) is 0 Å². The minimum atomic E-state index is -0.0905. The van der Waals surface area contributed by atoms with Crippen LogP contribution in [-0.2, 0) is 0 Å². The van der Waals surface area contributed by atoms with Crippen molar-refractivity contribution in [3.8, 4) is 0 Å². The normalized spacial score (nSPS) is 12.5. The molecule has 1 aromatic rings. The average molecular weight is 168 g/mol. The standard InChI is InChI=1S/C9H10ClN/c1-2-9(11)7-3-5-8(10)6-4-7/h2-6,9H,1,11H2/t9-/m0/s1. The molecule has 0 heterocycles. The van der Waals surface area contributed by atoms with Crippen LogP contribution in [0, 0.1) is 0 Å². The Morgan fingerprint density at radius 1 is 1.36 bits per heavy atom. The van der Waals surface area contributed by atoms with Crippen molar-refractivity contribution < 1.29 is 0 Å². The molecule has 2 heteroatoms. The number of benzene rings is 1. The minimum Gasteiger partial charge on any atom is -0.321 e. The van der Waals surface area contributed by atoms with E-state index < -0.39 is 0 Å². The summed E-state index contributed by atoms with van der Waals surface area (Å²) in [5, 5.41) is 0.727. The van der Waals surface area contributed by atoms with Gasteiger partial charge in [0.15, 0.2) is 0 Å². The second-order valence-corrected chi connectivity index (χ2v) is 2.75. The monoisotopic (exact) mass is 167 g/mol. The van der Waals surface area contributed by atoms with Crippen molar-refractivity contribution in [1.29, 1.82) is 0 Å². The summed E-state index contributed by atoms with van der Waals surface area (Å²) >= 11 is 5.69. The summed E-state index contributed by atoms with van der Waals surface area (Å²) in [6, 6.07) is 7.34. The topological polar surface area (TPSA) is 26.0 Å². The highest BCUT2D eigenvalue weighted by molar-refractivity contribution is 6.30. The number of hydrogen-bond donors (Lipinski definition) is 1. The Morgan fingerprint density at radius 2 is 1.91 bits per heavy atom. The van der Waals surface area contributed by atoms with Crippen LogP contribution in [0.1, 0.15) is 11.6 Å². The van der Waals surface area contributed by atoms with Crippen LogP contribution in [0.15, 0.2) is 36.9 Å². The zero-order chi connectivity index (χ0) is 8.27. The van der Waals surface area contributed by atoms with Gasteiger partial charge in [0, 0.05) is 11.1 Å². The SMILES string of the molecule is C=C[C@H](N)c1ccc(Cl)cc1. The van der Waals surface area contributed by atoms with Gasteiger partial charge in [0.05, 0.1) is 0 Å². The van der Waals surface area contributed by atoms with Crippen LogP contribution in [0.5, 0.6) is 0 Å². The molecule has 0 radical (unpaired) electrons. The van der Waals surface area contributed by atoms with Crippen molar-refractivity contribution in [2.45, 2.75) is 6.04 Å². The molecule has 1 nitrogen and oxygen atoms in total. The van der Waals surface area contributed by atoms with Gasteiger partial charge >= 0.3 is 0 Å². The number of hydrogen-bond acceptors (Lipinski definition) is 1. The Balaban J connectivity index is 2.89. The van der Waals surface area contributed by atoms with Crippen molar-refractivity contribution >= 4 is 11.6 Å². The molecular formula is C9H10ClN. The fourth-order valence-corrected chi connectivity index (χ4v) is 0.947. The molecule has 0 saturated heterocycles. The van der Waals surface area contributed by atoms with E-state index in [2.05, 4.69) is 6.58 Å². The first-order valence-electron chi connectivity index (χ1n) is 3.37. The van der Waals surface area contributed by atoms with Crippen LogP contribution >= 0.6 is 11.6 Å². The molecule has 58 valence electrons. The lowest BCUT2D eigenvalue weighted by molar-refractivity contribution is 0.915. The van der Waals surface area contributed by atoms with E-state index in [1.165, 1.54) is 0 Å². The molecule has 1 atom stereocenters. The molecule has 0 aromatic heterocycles. The lowest BCUT2D eigenvalue weighted by Crippen LogP contribution is -2.05. The summed E-state index contributed by atoms with van der Waals surface area (Å²) in [4.78, 5) is 0. The molecule has 0 unspecified atom stereocenters. The van der Waals surface area contributed by atoms with Gasteiger partial charge in [-0.3, -0.25) is 0 Å². The van der Waals surface area contributed by atoms with Gasteiger partial charge in [-0.2, -0.15) is 0 Å². The van der Waals surface area contributed by atoms with E-state index in [9.17, 15) is 0 Å². The van der Waals surface area contributed by atoms with Gasteiger partial charge in [-0.15, -0.1) is 6.58 Å². The van der Waals surface area contributed by atoms with Gasteiger partial charge in [-0.1, -0.05) is 29.8 Å². The van der Waals surface area contributed by atoms with Crippen LogP contribution in [0.3, 0.4) is 0 Å². The molecule has 0 fully saturated rings. The number of halogens is 1. The molecule has 0 saturated carbocycles. The third-order valence-corrected chi connectivity index (χ3v) is 1.76. The Bertz CT molecular complexity index is 240. The van der Waals surface area contributed by atoms with Crippen molar-refractivity contribution in [1.82, 2.24) is 0 Å². The van der Waals surface area contributed by atoms with Gasteiger partial charge in [0.2, 0.25) is 0 Å². The molecular weight excluding hydrogens is 158 g/mol. The third-order valence-electron chi connectivity index (χ3n) is 1.51. The van der Waals surface area contributed by atoms with Crippen molar-refractivity contribution in [3.05, 3.63) is 47.5 Å². The molecule has 0 aliphatic carbocycles. The van der Waals surface area contributed by atoms with E-state index in [1.54, 1.807) is 6.08 Å². The maximum absolute atomic E-state index is 5.69. The second kappa shape index (κ2) is 3.56. The summed E-state index contributed by atoms with van der Waals surface area (Å²) in [6.07, 6.45) is 1.70. The predicted molar refractivity (Wildman–Crippen MR) is 48.6 cm³/mol. The summed E-state index contributed by atoms with van der Waals surface area (Å²) in [6.45, 7) is 3.60. The summed E-state index contributed by atoms with van der Waals surface area (Å²) in [5.41, 5.74) is 6.72. The van der Waals surface area contributed by atoms with Crippen LogP contribution in [0.25, 0.3) is 0 Å². The highest BCUT2D eigenvalue weighted by atomic mass is 35.5. The highest BCUT2D eigenvalue weighted by Gasteiger charge is 1.98. The summed E-state index contributed by atoms with van der Waals surface area (Å²) in [5.74, 6) is 0. The summed E-state index contributed by atoms with van der Waals surface area (Å²) < 4.78 is 0. The molecule has 11 heavy (non-hydrogen) atoms. The van der Waals surface area contributed by atoms with Crippen molar-refractivity contribution in [2.24, 2.45) is 5.73 Å². The van der Waals surface area contributed by atoms with Gasteiger partial charge < -0.3 is 5.73 Å². The fourth-order valence-electron chi connectivity index (χ4n) is 0.821. The average Bonchev–Trinajstić information content (AvgIpc) is 2.05.